The van der Waals surface area contributed by atoms with Crippen molar-refractivity contribution in [2.24, 2.45) is 11.8 Å². The largest absolute Gasteiger partial charge is 0.370 e. The highest BCUT2D eigenvalue weighted by molar-refractivity contribution is 6.02. The van der Waals surface area contributed by atoms with Gasteiger partial charge < -0.3 is 20.5 Å². The van der Waals surface area contributed by atoms with Gasteiger partial charge in [-0.3, -0.25) is 0 Å². The molecular weight excluding hydrogens is 314 g/mol. The monoisotopic (exact) mass is 335 g/mol. The summed E-state index contributed by atoms with van der Waals surface area (Å²) in [7, 11) is 2.22. The van der Waals surface area contributed by atoms with Crippen LogP contribution in [-0.4, -0.2) is 58.1 Å². The predicted octanol–water partition coefficient (Wildman–Crippen LogP) is 1.60. The third kappa shape index (κ3) is 2.34. The van der Waals surface area contributed by atoms with Crippen molar-refractivity contribution in [1.82, 2.24) is 24.8 Å². The Morgan fingerprint density at radius 1 is 1.08 bits per heavy atom. The lowest BCUT2D eigenvalue weighted by atomic mass is 10.0. The number of nitrogen functional groups attached to an aromatic ring is 1. The molecule has 0 spiro atoms. The van der Waals surface area contributed by atoms with E-state index in [-0.39, 0.29) is 5.95 Å². The molecule has 3 N–H and O–H groups in total. The first-order valence-electron chi connectivity index (χ1n) is 8.67. The molecule has 5 rings (SSSR count). The van der Waals surface area contributed by atoms with Crippen molar-refractivity contribution in [3.63, 3.8) is 0 Å². The van der Waals surface area contributed by atoms with Crippen LogP contribution in [0.25, 0.3) is 22.3 Å². The van der Waals surface area contributed by atoms with Crippen LogP contribution in [0.15, 0.2) is 30.7 Å². The summed E-state index contributed by atoms with van der Waals surface area (Å²) in [6.45, 7) is 4.59. The lowest BCUT2D eigenvalue weighted by Crippen LogP contribution is -2.26. The summed E-state index contributed by atoms with van der Waals surface area (Å²) >= 11 is 0. The number of nitrogens with zero attached hydrogens (tertiary/aromatic N) is 5. The topological polar surface area (TPSA) is 87.0 Å². The van der Waals surface area contributed by atoms with Crippen LogP contribution in [0.1, 0.15) is 0 Å². The van der Waals surface area contributed by atoms with E-state index < -0.39 is 0 Å². The van der Waals surface area contributed by atoms with E-state index in [4.69, 9.17) is 5.73 Å². The third-order valence-corrected chi connectivity index (χ3v) is 5.51. The third-order valence-electron chi connectivity index (χ3n) is 5.51. The fourth-order valence-corrected chi connectivity index (χ4v) is 4.45. The van der Waals surface area contributed by atoms with E-state index in [1.165, 1.54) is 18.8 Å². The maximum absolute atomic E-state index is 5.78. The van der Waals surface area contributed by atoms with Gasteiger partial charge in [0.05, 0.1) is 16.8 Å². The molecule has 2 aliphatic rings. The van der Waals surface area contributed by atoms with Gasteiger partial charge >= 0.3 is 0 Å². The molecule has 2 atom stereocenters. The molecule has 2 unspecified atom stereocenters. The smallest absolute Gasteiger partial charge is 0.220 e. The zero-order valence-corrected chi connectivity index (χ0v) is 14.2. The molecule has 3 aromatic heterocycles. The highest BCUT2D eigenvalue weighted by atomic mass is 15.2. The first-order chi connectivity index (χ1) is 12.2. The summed E-state index contributed by atoms with van der Waals surface area (Å²) < 4.78 is 0. The van der Waals surface area contributed by atoms with E-state index in [0.29, 0.717) is 0 Å². The second-order valence-electron chi connectivity index (χ2n) is 7.20. The van der Waals surface area contributed by atoms with Crippen LogP contribution in [0.5, 0.6) is 0 Å². The number of nitrogens with two attached hydrogens (primary N) is 1. The van der Waals surface area contributed by atoms with E-state index in [9.17, 15) is 0 Å². The molecule has 3 aromatic rings. The quantitative estimate of drug-likeness (QED) is 0.740. The number of aromatic nitrogens is 4. The molecule has 0 amide bonds. The Hall–Kier alpha value is -2.67. The van der Waals surface area contributed by atoms with Crippen LogP contribution in [0.2, 0.25) is 0 Å². The Balaban J connectivity index is 1.59. The first kappa shape index (κ1) is 14.7. The molecule has 2 aliphatic heterocycles. The number of nitrogens with one attached hydrogen (secondary N) is 1. The second kappa shape index (κ2) is 5.42. The van der Waals surface area contributed by atoms with Gasteiger partial charge in [-0.15, -0.1) is 0 Å². The van der Waals surface area contributed by atoms with E-state index in [2.05, 4.69) is 42.8 Å². The minimum atomic E-state index is 0.288. The number of H-pyrrole nitrogens is 1. The number of aromatic amines is 1. The van der Waals surface area contributed by atoms with Crippen LogP contribution in [0, 0.1) is 11.8 Å². The van der Waals surface area contributed by atoms with E-state index >= 15 is 0 Å². The predicted molar refractivity (Wildman–Crippen MR) is 98.2 cm³/mol. The Bertz CT molecular complexity index is 920. The molecule has 2 fully saturated rings. The number of likely N-dealkylation sites (tertiary alicyclic amines) is 1. The van der Waals surface area contributed by atoms with Gasteiger partial charge in [-0.2, -0.15) is 0 Å². The first-order valence-corrected chi connectivity index (χ1v) is 8.67. The van der Waals surface area contributed by atoms with Gasteiger partial charge in [0.2, 0.25) is 5.95 Å². The molecule has 0 aromatic carbocycles. The fraction of sp³-hybridized carbons (Fsp3) is 0.389. The molecule has 5 heterocycles. The van der Waals surface area contributed by atoms with Crippen molar-refractivity contribution >= 4 is 22.7 Å². The maximum atomic E-state index is 5.78. The molecule has 2 saturated heterocycles. The average Bonchev–Trinajstić information content (AvgIpc) is 3.26. The highest BCUT2D eigenvalue weighted by Crippen LogP contribution is 2.39. The number of pyridine rings is 1. The van der Waals surface area contributed by atoms with E-state index in [0.717, 1.165) is 47.2 Å². The number of rotatable bonds is 2. The number of anilines is 2. The summed E-state index contributed by atoms with van der Waals surface area (Å²) in [5.74, 6) is 1.80. The summed E-state index contributed by atoms with van der Waals surface area (Å²) in [5, 5.41) is 1.12. The molecule has 25 heavy (non-hydrogen) atoms. The van der Waals surface area contributed by atoms with Gasteiger partial charge in [0.25, 0.3) is 0 Å². The minimum Gasteiger partial charge on any atom is -0.370 e. The Labute approximate surface area is 145 Å². The Kier molecular flexibility index (Phi) is 3.18. The van der Waals surface area contributed by atoms with Crippen molar-refractivity contribution < 1.29 is 0 Å². The Morgan fingerprint density at radius 3 is 2.60 bits per heavy atom. The zero-order chi connectivity index (χ0) is 17.0. The highest BCUT2D eigenvalue weighted by Gasteiger charge is 2.39. The van der Waals surface area contributed by atoms with Crippen molar-refractivity contribution in [2.45, 2.75) is 0 Å². The maximum Gasteiger partial charge on any atom is 0.220 e. The van der Waals surface area contributed by atoms with Crippen LogP contribution >= 0.6 is 0 Å². The van der Waals surface area contributed by atoms with Crippen LogP contribution < -0.4 is 10.6 Å². The molecule has 7 nitrogen and oxygen atoms in total. The summed E-state index contributed by atoms with van der Waals surface area (Å²) in [4.78, 5) is 21.1. The van der Waals surface area contributed by atoms with E-state index in [1.807, 2.05) is 18.5 Å². The SMILES string of the molecule is CN1CC2CN(c3ccnc4[nH]cc(-c5ccnc(N)n5)c34)CC2C1. The Morgan fingerprint density at radius 2 is 1.84 bits per heavy atom. The standard InChI is InChI=1S/C18H21N7/c1-24-7-11-9-25(10-12(11)8-24)15-3-5-20-17-16(15)13(6-22-17)14-2-4-21-18(19)23-14/h2-6,11-12H,7-10H2,1H3,(H,20,22)(H2,19,21,23). The normalized spacial score (nSPS) is 23.5. The van der Waals surface area contributed by atoms with Crippen molar-refractivity contribution in [2.75, 3.05) is 43.9 Å². The summed E-state index contributed by atoms with van der Waals surface area (Å²) in [5.41, 5.74) is 9.76. The van der Waals surface area contributed by atoms with Gasteiger partial charge in [0, 0.05) is 50.3 Å². The molecule has 0 saturated carbocycles. The number of hydrogen-bond donors (Lipinski definition) is 2. The van der Waals surface area contributed by atoms with Crippen molar-refractivity contribution in [3.8, 4) is 11.3 Å². The lowest BCUT2D eigenvalue weighted by molar-refractivity contribution is 0.387. The lowest BCUT2D eigenvalue weighted by Gasteiger charge is -2.22. The van der Waals surface area contributed by atoms with Gasteiger partial charge in [-0.25, -0.2) is 15.0 Å². The van der Waals surface area contributed by atoms with Crippen LogP contribution in [0.4, 0.5) is 11.6 Å². The number of hydrogen-bond acceptors (Lipinski definition) is 6. The molecular formula is C18H21N7. The molecule has 0 aliphatic carbocycles. The van der Waals surface area contributed by atoms with Crippen molar-refractivity contribution in [1.29, 1.82) is 0 Å². The van der Waals surface area contributed by atoms with Gasteiger partial charge in [0.15, 0.2) is 0 Å². The van der Waals surface area contributed by atoms with Gasteiger partial charge in [-0.05, 0) is 31.0 Å². The molecule has 0 radical (unpaired) electrons. The van der Waals surface area contributed by atoms with E-state index in [1.54, 1.807) is 6.20 Å². The molecule has 7 heteroatoms. The summed E-state index contributed by atoms with van der Waals surface area (Å²) in [6.07, 6.45) is 5.54. The molecule has 0 bridgehead atoms. The van der Waals surface area contributed by atoms with Crippen LogP contribution in [-0.2, 0) is 0 Å². The van der Waals surface area contributed by atoms with Crippen molar-refractivity contribution in [3.05, 3.63) is 30.7 Å². The zero-order valence-electron chi connectivity index (χ0n) is 14.2. The summed E-state index contributed by atoms with van der Waals surface area (Å²) in [6, 6.07) is 4.01. The van der Waals surface area contributed by atoms with Gasteiger partial charge in [-0.1, -0.05) is 0 Å². The molecule has 128 valence electrons. The average molecular weight is 335 g/mol. The van der Waals surface area contributed by atoms with Crippen LogP contribution in [0.3, 0.4) is 0 Å². The van der Waals surface area contributed by atoms with Gasteiger partial charge in [0.1, 0.15) is 5.65 Å². The second-order valence-corrected chi connectivity index (χ2v) is 7.20. The minimum absolute atomic E-state index is 0.288. The fourth-order valence-electron chi connectivity index (χ4n) is 4.45. The number of fused-ring (bicyclic) bond motifs is 2.